The molecule has 1 aromatic heterocycles. The van der Waals surface area contributed by atoms with Gasteiger partial charge in [-0.25, -0.2) is 0 Å². The average Bonchev–Trinajstić information content (AvgIpc) is 2.69. The molecule has 0 aliphatic carbocycles. The molecule has 1 heterocycles. The fourth-order valence-corrected chi connectivity index (χ4v) is 1.34. The lowest BCUT2D eigenvalue weighted by atomic mass is 10.0. The minimum Gasteiger partial charge on any atom is -0.309 e. The normalized spacial score (nSPS) is 12.7. The first kappa shape index (κ1) is 10.9. The van der Waals surface area contributed by atoms with E-state index in [2.05, 4.69) is 41.2 Å². The van der Waals surface area contributed by atoms with Crippen molar-refractivity contribution < 1.29 is 0 Å². The van der Waals surface area contributed by atoms with Gasteiger partial charge >= 0.3 is 0 Å². The molecule has 0 saturated carbocycles. The van der Waals surface area contributed by atoms with E-state index >= 15 is 0 Å². The van der Waals surface area contributed by atoms with Crippen LogP contribution >= 0.6 is 0 Å². The number of nitrogens with zero attached hydrogens (tertiary/aromatic N) is 2. The Morgan fingerprint density at radius 1 is 1.64 bits per heavy atom. The van der Waals surface area contributed by atoms with E-state index in [1.165, 1.54) is 5.57 Å². The minimum absolute atomic E-state index is 0.242. The van der Waals surface area contributed by atoms with Gasteiger partial charge in [0.2, 0.25) is 0 Å². The molecule has 0 radical (unpaired) electrons. The second-order valence-corrected chi connectivity index (χ2v) is 3.31. The molecule has 0 fully saturated rings. The van der Waals surface area contributed by atoms with Crippen molar-refractivity contribution in [2.45, 2.75) is 32.7 Å². The zero-order valence-electron chi connectivity index (χ0n) is 8.88. The first-order valence-corrected chi connectivity index (χ1v) is 5.03. The molecule has 0 aliphatic rings. The maximum atomic E-state index is 4.08. The molecule has 1 rings (SSSR count). The van der Waals surface area contributed by atoms with Crippen LogP contribution in [0.1, 0.15) is 38.4 Å². The zero-order chi connectivity index (χ0) is 10.4. The van der Waals surface area contributed by atoms with Gasteiger partial charge < -0.3 is 5.32 Å². The Balaban J connectivity index is 2.60. The van der Waals surface area contributed by atoms with Crippen LogP contribution in [0.5, 0.6) is 0 Å². The van der Waals surface area contributed by atoms with Crippen LogP contribution in [0.4, 0.5) is 0 Å². The smallest absolute Gasteiger partial charge is 0.0997 e. The Kier molecular flexibility index (Phi) is 4.32. The van der Waals surface area contributed by atoms with Gasteiger partial charge in [-0.05, 0) is 19.4 Å². The lowest BCUT2D eigenvalue weighted by Gasteiger charge is -2.15. The van der Waals surface area contributed by atoms with Crippen LogP contribution in [0.25, 0.3) is 0 Å². The Morgan fingerprint density at radius 3 is 2.93 bits per heavy atom. The summed E-state index contributed by atoms with van der Waals surface area (Å²) in [7, 11) is 0. The summed E-state index contributed by atoms with van der Waals surface area (Å²) in [6.45, 7) is 9.14. The van der Waals surface area contributed by atoms with Gasteiger partial charge in [-0.15, -0.1) is 0 Å². The van der Waals surface area contributed by atoms with E-state index in [0.717, 1.165) is 25.1 Å². The highest BCUT2D eigenvalue weighted by atomic mass is 15.3. The van der Waals surface area contributed by atoms with Crippen molar-refractivity contribution in [2.24, 2.45) is 0 Å². The molecule has 1 unspecified atom stereocenters. The fraction of sp³-hybridized carbons (Fsp3) is 0.600. The molecule has 0 bridgehead atoms. The van der Waals surface area contributed by atoms with Gasteiger partial charge in [0.25, 0.3) is 0 Å². The predicted octanol–water partition coefficient (Wildman–Crippen LogP) is 1.81. The summed E-state index contributed by atoms with van der Waals surface area (Å²) in [6, 6.07) is 0.242. The van der Waals surface area contributed by atoms with Gasteiger partial charge in [0.1, 0.15) is 0 Å². The number of aromatic amines is 1. The maximum Gasteiger partial charge on any atom is 0.0997 e. The van der Waals surface area contributed by atoms with Crippen LogP contribution in [0.2, 0.25) is 0 Å². The summed E-state index contributed by atoms with van der Waals surface area (Å²) < 4.78 is 0. The van der Waals surface area contributed by atoms with Crippen molar-refractivity contribution in [1.29, 1.82) is 0 Å². The van der Waals surface area contributed by atoms with Crippen molar-refractivity contribution in [2.75, 3.05) is 6.54 Å². The molecule has 0 saturated heterocycles. The van der Waals surface area contributed by atoms with E-state index in [4.69, 9.17) is 0 Å². The van der Waals surface area contributed by atoms with Gasteiger partial charge in [-0.3, -0.25) is 0 Å². The van der Waals surface area contributed by atoms with Crippen molar-refractivity contribution in [1.82, 2.24) is 20.7 Å². The molecule has 2 N–H and O–H groups in total. The molecule has 1 atom stereocenters. The highest BCUT2D eigenvalue weighted by molar-refractivity contribution is 5.06. The van der Waals surface area contributed by atoms with E-state index in [0.29, 0.717) is 0 Å². The predicted molar refractivity (Wildman–Crippen MR) is 56.8 cm³/mol. The molecule has 0 aliphatic heterocycles. The number of hydrogen-bond acceptors (Lipinski definition) is 3. The number of nitrogens with one attached hydrogen (secondary N) is 2. The van der Waals surface area contributed by atoms with Crippen LogP contribution in [0.15, 0.2) is 18.3 Å². The van der Waals surface area contributed by atoms with Gasteiger partial charge in [-0.1, -0.05) is 26.0 Å². The zero-order valence-corrected chi connectivity index (χ0v) is 8.88. The Hall–Kier alpha value is -1.16. The number of rotatable bonds is 6. The lowest BCUT2D eigenvalue weighted by molar-refractivity contribution is 0.529. The summed E-state index contributed by atoms with van der Waals surface area (Å²) >= 11 is 0. The Bertz CT molecular complexity index is 266. The first-order chi connectivity index (χ1) is 6.77. The van der Waals surface area contributed by atoms with Crippen molar-refractivity contribution in [3.63, 3.8) is 0 Å². The monoisotopic (exact) mass is 194 g/mol. The molecule has 0 aromatic carbocycles. The molecule has 4 nitrogen and oxygen atoms in total. The number of aromatic nitrogens is 3. The molecule has 14 heavy (non-hydrogen) atoms. The summed E-state index contributed by atoms with van der Waals surface area (Å²) in [6.07, 6.45) is 3.70. The SMILES string of the molecule is C=C(CC)CC(NCC)c1cn[nH]n1. The molecule has 0 spiro atoms. The van der Waals surface area contributed by atoms with Crippen molar-refractivity contribution in [3.8, 4) is 0 Å². The molecule has 0 amide bonds. The van der Waals surface area contributed by atoms with E-state index in [1.54, 1.807) is 6.20 Å². The van der Waals surface area contributed by atoms with Gasteiger partial charge in [0.05, 0.1) is 17.9 Å². The van der Waals surface area contributed by atoms with Gasteiger partial charge in [0, 0.05) is 0 Å². The maximum absolute atomic E-state index is 4.08. The van der Waals surface area contributed by atoms with Crippen molar-refractivity contribution in [3.05, 3.63) is 24.0 Å². The first-order valence-electron chi connectivity index (χ1n) is 5.03. The fourth-order valence-electron chi connectivity index (χ4n) is 1.34. The molecular formula is C10H18N4. The van der Waals surface area contributed by atoms with Crippen LogP contribution in [-0.4, -0.2) is 22.0 Å². The van der Waals surface area contributed by atoms with Gasteiger partial charge in [-0.2, -0.15) is 15.4 Å². The number of hydrogen-bond donors (Lipinski definition) is 2. The molecule has 78 valence electrons. The quantitative estimate of drug-likeness (QED) is 0.679. The minimum atomic E-state index is 0.242. The van der Waals surface area contributed by atoms with E-state index in [1.807, 2.05) is 0 Å². The lowest BCUT2D eigenvalue weighted by Crippen LogP contribution is -2.21. The number of H-pyrrole nitrogens is 1. The second kappa shape index (κ2) is 5.54. The molecule has 1 aromatic rings. The molecular weight excluding hydrogens is 176 g/mol. The summed E-state index contributed by atoms with van der Waals surface area (Å²) in [5.74, 6) is 0. The molecule has 4 heteroatoms. The van der Waals surface area contributed by atoms with Gasteiger partial charge in [0.15, 0.2) is 0 Å². The Labute approximate surface area is 84.8 Å². The third-order valence-corrected chi connectivity index (χ3v) is 2.23. The van der Waals surface area contributed by atoms with E-state index in [9.17, 15) is 0 Å². The highest BCUT2D eigenvalue weighted by Gasteiger charge is 2.13. The van der Waals surface area contributed by atoms with Crippen molar-refractivity contribution >= 4 is 0 Å². The highest BCUT2D eigenvalue weighted by Crippen LogP contribution is 2.18. The van der Waals surface area contributed by atoms with Crippen LogP contribution in [0, 0.1) is 0 Å². The standard InChI is InChI=1S/C10H18N4/c1-4-8(3)6-9(11-5-2)10-7-12-14-13-10/h7,9,11H,3-6H2,1-2H3,(H,12,13,14). The van der Waals surface area contributed by atoms with Crippen LogP contribution < -0.4 is 5.32 Å². The Morgan fingerprint density at radius 2 is 2.43 bits per heavy atom. The van der Waals surface area contributed by atoms with Crippen LogP contribution in [-0.2, 0) is 0 Å². The third-order valence-electron chi connectivity index (χ3n) is 2.23. The largest absolute Gasteiger partial charge is 0.309 e. The second-order valence-electron chi connectivity index (χ2n) is 3.31. The van der Waals surface area contributed by atoms with E-state index < -0.39 is 0 Å². The van der Waals surface area contributed by atoms with E-state index in [-0.39, 0.29) is 6.04 Å². The van der Waals surface area contributed by atoms with Crippen LogP contribution in [0.3, 0.4) is 0 Å². The summed E-state index contributed by atoms with van der Waals surface area (Å²) in [5, 5.41) is 13.9. The topological polar surface area (TPSA) is 53.6 Å². The average molecular weight is 194 g/mol. The third kappa shape index (κ3) is 2.96. The summed E-state index contributed by atoms with van der Waals surface area (Å²) in [4.78, 5) is 0. The summed E-state index contributed by atoms with van der Waals surface area (Å²) in [5.41, 5.74) is 2.19.